The summed E-state index contributed by atoms with van der Waals surface area (Å²) in [6.45, 7) is 6.18. The Balaban J connectivity index is 0.00000420. The van der Waals surface area contributed by atoms with Gasteiger partial charge in [-0.3, -0.25) is 0 Å². The SMILES string of the molecule is [CH2-]CCCOCNN(c1cc(F)cc(C(O)C2(CCC)CCC2)c1)S(C)(=O)=O.[Y]. The molecule has 0 aliphatic heterocycles. The van der Waals surface area contributed by atoms with Gasteiger partial charge in [0.15, 0.2) is 0 Å². The second-order valence-corrected chi connectivity index (χ2v) is 9.39. The quantitative estimate of drug-likeness (QED) is 0.197. The maximum atomic E-state index is 14.3. The van der Waals surface area contributed by atoms with E-state index in [2.05, 4.69) is 19.3 Å². The van der Waals surface area contributed by atoms with Crippen LogP contribution in [0.2, 0.25) is 0 Å². The van der Waals surface area contributed by atoms with E-state index < -0.39 is 21.9 Å². The van der Waals surface area contributed by atoms with Crippen molar-refractivity contribution < 1.29 is 55.4 Å². The molecular weight excluding hydrogens is 472 g/mol. The Labute approximate surface area is 199 Å². The molecule has 1 aromatic carbocycles. The number of nitrogens with one attached hydrogen (secondary N) is 1. The fraction of sp³-hybridized carbons (Fsp3) is 0.650. The Morgan fingerprint density at radius 1 is 1.38 bits per heavy atom. The molecule has 9 heteroatoms. The predicted molar refractivity (Wildman–Crippen MR) is 108 cm³/mol. The molecule has 1 unspecified atom stereocenters. The van der Waals surface area contributed by atoms with Crippen LogP contribution in [0.1, 0.15) is 63.5 Å². The number of rotatable bonds is 12. The van der Waals surface area contributed by atoms with Crippen molar-refractivity contribution in [3.63, 3.8) is 0 Å². The maximum absolute atomic E-state index is 14.3. The van der Waals surface area contributed by atoms with Gasteiger partial charge in [0.2, 0.25) is 10.0 Å². The molecule has 0 aromatic heterocycles. The summed E-state index contributed by atoms with van der Waals surface area (Å²) < 4.78 is 45.0. The van der Waals surface area contributed by atoms with Gasteiger partial charge in [0.25, 0.3) is 0 Å². The van der Waals surface area contributed by atoms with Crippen LogP contribution >= 0.6 is 0 Å². The summed E-state index contributed by atoms with van der Waals surface area (Å²) in [6, 6.07) is 3.95. The Bertz CT molecular complexity index is 744. The van der Waals surface area contributed by atoms with Crippen molar-refractivity contribution in [2.24, 2.45) is 5.41 Å². The molecule has 163 valence electrons. The molecule has 2 N–H and O–H groups in total. The number of unbranched alkanes of at least 4 members (excludes halogenated alkanes) is 1. The number of hydrogen-bond acceptors (Lipinski definition) is 5. The van der Waals surface area contributed by atoms with Crippen LogP contribution in [0.5, 0.6) is 0 Å². The van der Waals surface area contributed by atoms with Gasteiger partial charge in [-0.05, 0) is 43.0 Å². The van der Waals surface area contributed by atoms with Crippen LogP contribution in [-0.4, -0.2) is 33.1 Å². The Morgan fingerprint density at radius 3 is 2.59 bits per heavy atom. The maximum Gasteiger partial charge on any atom is 0.245 e. The zero-order valence-corrected chi connectivity index (χ0v) is 21.0. The summed E-state index contributed by atoms with van der Waals surface area (Å²) in [6.07, 6.45) is 6.29. The van der Waals surface area contributed by atoms with Gasteiger partial charge in [0, 0.05) is 44.7 Å². The number of nitrogens with zero attached hydrogens (tertiary/aromatic N) is 1. The Hall–Kier alpha value is -0.116. The Kier molecular flexibility index (Phi) is 11.2. The predicted octanol–water partition coefficient (Wildman–Crippen LogP) is 3.69. The molecular formula is C20H32FN2O4SY-. The standard InChI is InChI=1S/C20H32FN2O4S.Y/c1-4-6-11-27-15-22-23(28(3,25)26)18-13-16(12-17(21)14-18)19(24)20(8-5-2)9-7-10-20;/h12-14,19,22,24H,1,4-11,15H2,2-3H3;/q-1;. The topological polar surface area (TPSA) is 78.9 Å². The summed E-state index contributed by atoms with van der Waals surface area (Å²) in [5.74, 6) is -0.592. The number of ether oxygens (including phenoxy) is 1. The first-order valence-corrected chi connectivity index (χ1v) is 11.7. The van der Waals surface area contributed by atoms with Crippen LogP contribution in [0.3, 0.4) is 0 Å². The van der Waals surface area contributed by atoms with Crippen molar-refractivity contribution in [3.05, 3.63) is 36.5 Å². The monoisotopic (exact) mass is 504 g/mol. The van der Waals surface area contributed by atoms with Gasteiger partial charge in [-0.25, -0.2) is 17.2 Å². The molecule has 6 nitrogen and oxygen atoms in total. The molecule has 1 atom stereocenters. The van der Waals surface area contributed by atoms with E-state index in [0.717, 1.165) is 61.7 Å². The fourth-order valence-corrected chi connectivity index (χ4v) is 4.57. The first kappa shape index (κ1) is 26.9. The zero-order valence-electron chi connectivity index (χ0n) is 17.4. The Morgan fingerprint density at radius 2 is 2.07 bits per heavy atom. The molecule has 1 fully saturated rings. The number of benzene rings is 1. The molecule has 2 rings (SSSR count). The molecule has 0 heterocycles. The second kappa shape index (κ2) is 12.1. The van der Waals surface area contributed by atoms with E-state index in [9.17, 15) is 17.9 Å². The molecule has 29 heavy (non-hydrogen) atoms. The van der Waals surface area contributed by atoms with Crippen LogP contribution in [0.15, 0.2) is 18.2 Å². The van der Waals surface area contributed by atoms with Gasteiger partial charge in [0.05, 0.1) is 18.0 Å². The van der Waals surface area contributed by atoms with E-state index in [1.807, 2.05) is 0 Å². The number of sulfonamides is 1. The van der Waals surface area contributed by atoms with E-state index in [1.165, 1.54) is 12.1 Å². The van der Waals surface area contributed by atoms with Gasteiger partial charge in [-0.2, -0.15) is 11.8 Å². The molecule has 0 amide bonds. The van der Waals surface area contributed by atoms with Crippen molar-refractivity contribution in [2.45, 2.75) is 58.0 Å². The number of hydrogen-bond donors (Lipinski definition) is 2. The fourth-order valence-electron chi connectivity index (χ4n) is 3.79. The van der Waals surface area contributed by atoms with Gasteiger partial charge in [0.1, 0.15) is 12.5 Å². The van der Waals surface area contributed by atoms with E-state index in [1.54, 1.807) is 0 Å². The molecule has 0 bridgehead atoms. The summed E-state index contributed by atoms with van der Waals surface area (Å²) >= 11 is 0. The van der Waals surface area contributed by atoms with Crippen molar-refractivity contribution in [3.8, 4) is 0 Å². The molecule has 0 spiro atoms. The minimum absolute atomic E-state index is 0. The molecule has 1 radical (unpaired) electrons. The molecule has 1 aromatic rings. The van der Waals surface area contributed by atoms with Crippen molar-refractivity contribution in [1.82, 2.24) is 5.43 Å². The zero-order chi connectivity index (χ0) is 20.8. The summed E-state index contributed by atoms with van der Waals surface area (Å²) in [5.41, 5.74) is 2.94. The molecule has 1 saturated carbocycles. The van der Waals surface area contributed by atoms with Crippen molar-refractivity contribution in [2.75, 3.05) is 24.0 Å². The molecule has 1 aliphatic carbocycles. The first-order chi connectivity index (χ1) is 13.2. The molecule has 0 saturated heterocycles. The number of halogens is 1. The van der Waals surface area contributed by atoms with Crippen molar-refractivity contribution in [1.29, 1.82) is 0 Å². The normalized spacial score (nSPS) is 16.6. The summed E-state index contributed by atoms with van der Waals surface area (Å²) in [5, 5.41) is 10.9. The third kappa shape index (κ3) is 7.22. The number of anilines is 1. The minimum Gasteiger partial charge on any atom is -0.388 e. The third-order valence-corrected chi connectivity index (χ3v) is 6.32. The van der Waals surface area contributed by atoms with E-state index >= 15 is 0 Å². The van der Waals surface area contributed by atoms with Gasteiger partial charge < -0.3 is 16.8 Å². The second-order valence-electron chi connectivity index (χ2n) is 7.56. The largest absolute Gasteiger partial charge is 0.388 e. The van der Waals surface area contributed by atoms with E-state index in [0.29, 0.717) is 12.2 Å². The summed E-state index contributed by atoms with van der Waals surface area (Å²) in [4.78, 5) is 0. The van der Waals surface area contributed by atoms with Crippen LogP contribution in [0, 0.1) is 18.2 Å². The number of aliphatic hydroxyl groups is 1. The average molecular weight is 504 g/mol. The first-order valence-electron chi connectivity index (χ1n) is 9.83. The van der Waals surface area contributed by atoms with Crippen LogP contribution in [0.4, 0.5) is 10.1 Å². The number of aliphatic hydroxyl groups excluding tert-OH is 1. The van der Waals surface area contributed by atoms with Crippen molar-refractivity contribution >= 4 is 15.7 Å². The minimum atomic E-state index is -3.73. The van der Waals surface area contributed by atoms with Gasteiger partial charge >= 0.3 is 0 Å². The average Bonchev–Trinajstić information content (AvgIpc) is 2.59. The summed E-state index contributed by atoms with van der Waals surface area (Å²) in [7, 11) is -3.73. The van der Waals surface area contributed by atoms with Gasteiger partial charge in [-0.15, -0.1) is 0 Å². The smallest absolute Gasteiger partial charge is 0.245 e. The molecule has 1 aliphatic rings. The van der Waals surface area contributed by atoms with Crippen LogP contribution in [-0.2, 0) is 47.5 Å². The van der Waals surface area contributed by atoms with Gasteiger partial charge in [-0.1, -0.05) is 26.2 Å². The van der Waals surface area contributed by atoms with E-state index in [4.69, 9.17) is 4.74 Å². The van der Waals surface area contributed by atoms with Crippen LogP contribution < -0.4 is 9.84 Å². The van der Waals surface area contributed by atoms with E-state index in [-0.39, 0.29) is 50.5 Å². The number of hydrazine groups is 1. The third-order valence-electron chi connectivity index (χ3n) is 5.31. The van der Waals surface area contributed by atoms with Crippen LogP contribution in [0.25, 0.3) is 0 Å².